The molecule has 2 aliphatic carbocycles. The van der Waals surface area contributed by atoms with Crippen molar-refractivity contribution in [3.05, 3.63) is 65.8 Å². The van der Waals surface area contributed by atoms with E-state index in [0.717, 1.165) is 64.4 Å². The lowest BCUT2D eigenvalue weighted by atomic mass is 9.73. The highest BCUT2D eigenvalue weighted by molar-refractivity contribution is 5.90. The van der Waals surface area contributed by atoms with Gasteiger partial charge >= 0.3 is 0 Å². The summed E-state index contributed by atoms with van der Waals surface area (Å²) in [5, 5.41) is 9.63. The van der Waals surface area contributed by atoms with Crippen LogP contribution in [0, 0.1) is 5.92 Å². The van der Waals surface area contributed by atoms with E-state index in [-0.39, 0.29) is 23.3 Å². The molecule has 0 spiro atoms. The predicted octanol–water partition coefficient (Wildman–Crippen LogP) is 5.68. The molecule has 1 saturated carbocycles. The summed E-state index contributed by atoms with van der Waals surface area (Å²) < 4.78 is 0. The van der Waals surface area contributed by atoms with Crippen molar-refractivity contribution in [3.8, 4) is 0 Å². The summed E-state index contributed by atoms with van der Waals surface area (Å²) in [4.78, 5) is 23.3. The molecule has 0 bridgehead atoms. The van der Waals surface area contributed by atoms with Crippen molar-refractivity contribution in [1.29, 1.82) is 0 Å². The van der Waals surface area contributed by atoms with Gasteiger partial charge in [0.2, 0.25) is 12.3 Å². The maximum Gasteiger partial charge on any atom is 0.223 e. The Morgan fingerprint density at radius 3 is 2.50 bits per heavy atom. The molecule has 5 nitrogen and oxygen atoms in total. The number of carbonyl (C=O) groups excluding carboxylic acids is 2. The van der Waals surface area contributed by atoms with Crippen molar-refractivity contribution < 1.29 is 9.59 Å². The summed E-state index contributed by atoms with van der Waals surface area (Å²) in [6.45, 7) is 14.8. The standard InChI is InChI=1S/C29H41N3O2.C2H6/c1-4-11-26-24(5-2)25-12-7-8-13-27(25)29(26,20-30-6-3)18-9-10-19-31-28(34)22-14-16-23(17-15-22)32-21-33;1-2/h4-5,7-8,11-13,21-23,30H,1,6,9-10,14-20H2,2-3H3,(H,31,34)(H,32,33);1-2H3/b24-5-,26-11+;. The second-order valence-corrected chi connectivity index (χ2v) is 9.51. The topological polar surface area (TPSA) is 70.2 Å². The first-order valence-corrected chi connectivity index (χ1v) is 13.9. The number of likely N-dealkylation sites (N-methyl/N-ethyl adjacent to an activating group) is 1. The zero-order valence-electron chi connectivity index (χ0n) is 22.9. The van der Waals surface area contributed by atoms with Gasteiger partial charge in [0.1, 0.15) is 0 Å². The predicted molar refractivity (Wildman–Crippen MR) is 152 cm³/mol. The summed E-state index contributed by atoms with van der Waals surface area (Å²) in [6.07, 6.45) is 13.6. The fraction of sp³-hybridized carbons (Fsp3) is 0.548. The first kappa shape index (κ1) is 29.6. The molecule has 0 saturated heterocycles. The van der Waals surface area contributed by atoms with Gasteiger partial charge in [-0.25, -0.2) is 0 Å². The molecule has 0 aromatic heterocycles. The van der Waals surface area contributed by atoms with Crippen LogP contribution in [0.2, 0.25) is 0 Å². The summed E-state index contributed by atoms with van der Waals surface area (Å²) in [7, 11) is 0. The number of fused-ring (bicyclic) bond motifs is 1. The number of hydrogen-bond donors (Lipinski definition) is 3. The van der Waals surface area contributed by atoms with Crippen LogP contribution in [0.15, 0.2) is 54.6 Å². The minimum Gasteiger partial charge on any atom is -0.356 e. The van der Waals surface area contributed by atoms with Crippen LogP contribution in [0.1, 0.15) is 83.8 Å². The van der Waals surface area contributed by atoms with Crippen LogP contribution in [-0.4, -0.2) is 38.0 Å². The third-order valence-electron chi connectivity index (χ3n) is 7.52. The molecule has 0 radical (unpaired) electrons. The van der Waals surface area contributed by atoms with Gasteiger partial charge in [0.25, 0.3) is 0 Å². The molecule has 1 atom stereocenters. The van der Waals surface area contributed by atoms with Gasteiger partial charge in [-0.2, -0.15) is 0 Å². The summed E-state index contributed by atoms with van der Waals surface area (Å²) in [6, 6.07) is 8.99. The Labute approximate surface area is 218 Å². The minimum atomic E-state index is -0.0867. The molecule has 5 heteroatoms. The second kappa shape index (κ2) is 15.5. The number of allylic oxidation sites excluding steroid dienone is 4. The Bertz CT molecular complexity index is 912. The van der Waals surface area contributed by atoms with E-state index in [4.69, 9.17) is 0 Å². The quantitative estimate of drug-likeness (QED) is 0.259. The molecule has 1 aromatic carbocycles. The monoisotopic (exact) mass is 493 g/mol. The number of nitrogens with one attached hydrogen (secondary N) is 3. The van der Waals surface area contributed by atoms with Gasteiger partial charge in [0.05, 0.1) is 0 Å². The Hall–Kier alpha value is -2.66. The molecule has 2 amide bonds. The highest BCUT2D eigenvalue weighted by atomic mass is 16.2. The highest BCUT2D eigenvalue weighted by Crippen LogP contribution is 2.52. The molecule has 0 heterocycles. The first-order chi connectivity index (χ1) is 17.6. The number of carbonyl (C=O) groups is 2. The van der Waals surface area contributed by atoms with E-state index >= 15 is 0 Å². The van der Waals surface area contributed by atoms with Gasteiger partial charge in [-0.3, -0.25) is 9.59 Å². The van der Waals surface area contributed by atoms with Gasteiger partial charge in [-0.15, -0.1) is 0 Å². The van der Waals surface area contributed by atoms with Crippen LogP contribution in [-0.2, 0) is 15.0 Å². The van der Waals surface area contributed by atoms with Gasteiger partial charge in [-0.1, -0.05) is 76.3 Å². The van der Waals surface area contributed by atoms with Gasteiger partial charge in [-0.05, 0) is 74.3 Å². The number of unbranched alkanes of at least 4 members (excludes halogenated alkanes) is 1. The van der Waals surface area contributed by atoms with Crippen molar-refractivity contribution in [2.45, 2.75) is 84.1 Å². The van der Waals surface area contributed by atoms with Crippen molar-refractivity contribution in [1.82, 2.24) is 16.0 Å². The molecule has 36 heavy (non-hydrogen) atoms. The SMILES string of the molecule is C=C/C=C1\C(=C/C)c2ccccc2C1(CCCCNC(=O)C1CCC(NC=O)CC1)CNCC.CC. The minimum absolute atomic E-state index is 0.0749. The molecule has 1 fully saturated rings. The maximum atomic E-state index is 12.6. The number of hydrogen-bond acceptors (Lipinski definition) is 3. The molecule has 1 unspecified atom stereocenters. The van der Waals surface area contributed by atoms with E-state index in [1.54, 1.807) is 0 Å². The van der Waals surface area contributed by atoms with E-state index < -0.39 is 0 Å². The average Bonchev–Trinajstić information content (AvgIpc) is 3.18. The van der Waals surface area contributed by atoms with Crippen molar-refractivity contribution >= 4 is 17.9 Å². The maximum absolute atomic E-state index is 12.6. The lowest BCUT2D eigenvalue weighted by Crippen LogP contribution is -2.39. The third kappa shape index (κ3) is 6.97. The summed E-state index contributed by atoms with van der Waals surface area (Å²) >= 11 is 0. The van der Waals surface area contributed by atoms with E-state index in [1.165, 1.54) is 22.3 Å². The molecular formula is C31H47N3O2. The van der Waals surface area contributed by atoms with E-state index in [1.807, 2.05) is 19.9 Å². The third-order valence-corrected chi connectivity index (χ3v) is 7.52. The fourth-order valence-electron chi connectivity index (χ4n) is 5.77. The van der Waals surface area contributed by atoms with Crippen molar-refractivity contribution in [3.63, 3.8) is 0 Å². The van der Waals surface area contributed by atoms with Crippen LogP contribution in [0.25, 0.3) is 5.57 Å². The van der Waals surface area contributed by atoms with Crippen LogP contribution in [0.3, 0.4) is 0 Å². The van der Waals surface area contributed by atoms with Gasteiger partial charge in [0.15, 0.2) is 0 Å². The number of benzene rings is 1. The molecule has 198 valence electrons. The zero-order valence-corrected chi connectivity index (χ0v) is 22.9. The Morgan fingerprint density at radius 1 is 1.14 bits per heavy atom. The summed E-state index contributed by atoms with van der Waals surface area (Å²) in [5.41, 5.74) is 5.28. The van der Waals surface area contributed by atoms with Gasteiger partial charge in [0, 0.05) is 30.5 Å². The van der Waals surface area contributed by atoms with E-state index in [0.29, 0.717) is 6.54 Å². The zero-order chi connectivity index (χ0) is 26.4. The smallest absolute Gasteiger partial charge is 0.223 e. The number of amides is 2. The van der Waals surface area contributed by atoms with Crippen LogP contribution < -0.4 is 16.0 Å². The molecule has 0 aliphatic heterocycles. The second-order valence-electron chi connectivity index (χ2n) is 9.51. The summed E-state index contributed by atoms with van der Waals surface area (Å²) in [5.74, 6) is 0.243. The Morgan fingerprint density at radius 2 is 1.86 bits per heavy atom. The lowest BCUT2D eigenvalue weighted by Gasteiger charge is -2.33. The van der Waals surface area contributed by atoms with Gasteiger partial charge < -0.3 is 16.0 Å². The Balaban J connectivity index is 0.00000222. The van der Waals surface area contributed by atoms with Crippen molar-refractivity contribution in [2.24, 2.45) is 5.92 Å². The van der Waals surface area contributed by atoms with E-state index in [2.05, 4.69) is 72.8 Å². The molecule has 3 N–H and O–H groups in total. The fourth-order valence-corrected chi connectivity index (χ4v) is 5.77. The van der Waals surface area contributed by atoms with Crippen LogP contribution >= 0.6 is 0 Å². The Kier molecular flexibility index (Phi) is 12.7. The highest BCUT2D eigenvalue weighted by Gasteiger charge is 2.44. The average molecular weight is 494 g/mol. The van der Waals surface area contributed by atoms with Crippen LogP contribution in [0.4, 0.5) is 0 Å². The molecular weight excluding hydrogens is 446 g/mol. The normalized spacial score (nSPS) is 25.0. The largest absolute Gasteiger partial charge is 0.356 e. The lowest BCUT2D eigenvalue weighted by molar-refractivity contribution is -0.126. The van der Waals surface area contributed by atoms with Crippen molar-refractivity contribution in [2.75, 3.05) is 19.6 Å². The van der Waals surface area contributed by atoms with Crippen LogP contribution in [0.5, 0.6) is 0 Å². The molecule has 3 rings (SSSR count). The molecule has 2 aliphatic rings. The number of rotatable bonds is 12. The van der Waals surface area contributed by atoms with E-state index in [9.17, 15) is 9.59 Å². The molecule has 1 aromatic rings. The first-order valence-electron chi connectivity index (χ1n) is 13.9.